The van der Waals surface area contributed by atoms with Gasteiger partial charge in [0.2, 0.25) is 0 Å². The number of nitrogens with zero attached hydrogens (tertiary/aromatic N) is 1. The Bertz CT molecular complexity index is 686. The number of aryl methyl sites for hydroxylation is 1. The van der Waals surface area contributed by atoms with Gasteiger partial charge in [0.05, 0.1) is 17.1 Å². The number of halogens is 1. The van der Waals surface area contributed by atoms with Crippen LogP contribution in [-0.2, 0) is 0 Å². The van der Waals surface area contributed by atoms with Crippen molar-refractivity contribution >= 4 is 26.8 Å². The predicted octanol–water partition coefficient (Wildman–Crippen LogP) is 3.42. The van der Waals surface area contributed by atoms with E-state index < -0.39 is 0 Å². The highest BCUT2D eigenvalue weighted by Gasteiger charge is 2.28. The van der Waals surface area contributed by atoms with E-state index in [0.29, 0.717) is 6.04 Å². The van der Waals surface area contributed by atoms with E-state index in [1.165, 1.54) is 0 Å². The SMILES string of the molecule is COc1c(Br)ccc2c(C)cc(=O)n(C3CC3)c12. The zero-order chi connectivity index (χ0) is 12.9. The molecular formula is C14H14BrNO2. The first-order valence-corrected chi connectivity index (χ1v) is 6.81. The average molecular weight is 308 g/mol. The molecule has 1 aliphatic carbocycles. The summed E-state index contributed by atoms with van der Waals surface area (Å²) in [4.78, 5) is 12.2. The van der Waals surface area contributed by atoms with Crippen molar-refractivity contribution in [3.8, 4) is 5.75 Å². The highest BCUT2D eigenvalue weighted by molar-refractivity contribution is 9.10. The zero-order valence-electron chi connectivity index (χ0n) is 10.4. The molecule has 0 bridgehead atoms. The highest BCUT2D eigenvalue weighted by Crippen LogP contribution is 2.41. The number of fused-ring (bicyclic) bond motifs is 1. The fourth-order valence-corrected chi connectivity index (χ4v) is 2.92. The second-order valence-electron chi connectivity index (χ2n) is 4.74. The summed E-state index contributed by atoms with van der Waals surface area (Å²) in [7, 11) is 1.64. The minimum Gasteiger partial charge on any atom is -0.493 e. The first-order valence-electron chi connectivity index (χ1n) is 6.02. The summed E-state index contributed by atoms with van der Waals surface area (Å²) < 4.78 is 8.25. The van der Waals surface area contributed by atoms with Gasteiger partial charge in [-0.25, -0.2) is 0 Å². The van der Waals surface area contributed by atoms with Crippen LogP contribution in [0.3, 0.4) is 0 Å². The van der Waals surface area contributed by atoms with Crippen LogP contribution in [0, 0.1) is 6.92 Å². The number of hydrogen-bond donors (Lipinski definition) is 0. The number of methoxy groups -OCH3 is 1. The molecule has 0 saturated heterocycles. The molecule has 0 aliphatic heterocycles. The molecule has 1 saturated carbocycles. The maximum Gasteiger partial charge on any atom is 0.251 e. The first kappa shape index (κ1) is 11.8. The van der Waals surface area contributed by atoms with Gasteiger partial charge >= 0.3 is 0 Å². The third kappa shape index (κ3) is 1.67. The van der Waals surface area contributed by atoms with Gasteiger partial charge in [-0.1, -0.05) is 6.07 Å². The van der Waals surface area contributed by atoms with Gasteiger partial charge in [0.1, 0.15) is 0 Å². The molecule has 2 aromatic rings. The number of pyridine rings is 1. The van der Waals surface area contributed by atoms with Gasteiger partial charge in [-0.2, -0.15) is 0 Å². The van der Waals surface area contributed by atoms with E-state index in [2.05, 4.69) is 15.9 Å². The van der Waals surface area contributed by atoms with E-state index in [-0.39, 0.29) is 5.56 Å². The molecule has 0 amide bonds. The van der Waals surface area contributed by atoms with Crippen molar-refractivity contribution in [2.24, 2.45) is 0 Å². The molecule has 3 nitrogen and oxygen atoms in total. The van der Waals surface area contributed by atoms with Crippen molar-refractivity contribution in [3.05, 3.63) is 38.6 Å². The highest BCUT2D eigenvalue weighted by atomic mass is 79.9. The molecule has 1 heterocycles. The molecule has 0 spiro atoms. The molecule has 0 unspecified atom stereocenters. The lowest BCUT2D eigenvalue weighted by atomic mass is 10.1. The number of ether oxygens (including phenoxy) is 1. The topological polar surface area (TPSA) is 31.2 Å². The standard InChI is InChI=1S/C14H14BrNO2/c1-8-7-12(17)16(9-3-4-9)13-10(8)5-6-11(15)14(13)18-2/h5-7,9H,3-4H2,1-2H3. The Morgan fingerprint density at radius 3 is 2.72 bits per heavy atom. The van der Waals surface area contributed by atoms with Crippen LogP contribution in [-0.4, -0.2) is 11.7 Å². The predicted molar refractivity (Wildman–Crippen MR) is 75.5 cm³/mol. The lowest BCUT2D eigenvalue weighted by molar-refractivity contribution is 0.414. The largest absolute Gasteiger partial charge is 0.493 e. The van der Waals surface area contributed by atoms with E-state index in [1.807, 2.05) is 23.6 Å². The van der Waals surface area contributed by atoms with Crippen molar-refractivity contribution in [2.75, 3.05) is 7.11 Å². The Hall–Kier alpha value is -1.29. The normalized spacial score (nSPS) is 15.1. The number of aromatic nitrogens is 1. The van der Waals surface area contributed by atoms with E-state index in [4.69, 9.17) is 4.74 Å². The average Bonchev–Trinajstić information content (AvgIpc) is 3.13. The van der Waals surface area contributed by atoms with Crippen LogP contribution in [0.2, 0.25) is 0 Å². The Kier molecular flexibility index (Phi) is 2.70. The molecule has 94 valence electrons. The van der Waals surface area contributed by atoms with Crippen LogP contribution in [0.4, 0.5) is 0 Å². The number of benzene rings is 1. The van der Waals surface area contributed by atoms with Crippen LogP contribution in [0.5, 0.6) is 5.75 Å². The fourth-order valence-electron chi connectivity index (χ4n) is 2.44. The Balaban J connectivity index is 2.51. The summed E-state index contributed by atoms with van der Waals surface area (Å²) in [5.41, 5.74) is 1.98. The summed E-state index contributed by atoms with van der Waals surface area (Å²) in [6.45, 7) is 1.97. The quantitative estimate of drug-likeness (QED) is 0.851. The van der Waals surface area contributed by atoms with Gasteiger partial charge in [0, 0.05) is 17.5 Å². The Morgan fingerprint density at radius 2 is 2.11 bits per heavy atom. The number of hydrogen-bond acceptors (Lipinski definition) is 2. The molecule has 1 fully saturated rings. The third-order valence-electron chi connectivity index (χ3n) is 3.44. The lowest BCUT2D eigenvalue weighted by Gasteiger charge is -2.15. The molecule has 1 aliphatic rings. The van der Waals surface area contributed by atoms with Crippen LogP contribution in [0.15, 0.2) is 27.5 Å². The van der Waals surface area contributed by atoms with E-state index in [9.17, 15) is 4.79 Å². The molecular weight excluding hydrogens is 294 g/mol. The molecule has 1 aromatic carbocycles. The van der Waals surface area contributed by atoms with Gasteiger partial charge in [-0.15, -0.1) is 0 Å². The summed E-state index contributed by atoms with van der Waals surface area (Å²) in [6.07, 6.45) is 2.15. The molecule has 4 heteroatoms. The summed E-state index contributed by atoms with van der Waals surface area (Å²) in [5.74, 6) is 0.750. The number of rotatable bonds is 2. The van der Waals surface area contributed by atoms with Crippen molar-refractivity contribution in [3.63, 3.8) is 0 Å². The second-order valence-corrected chi connectivity index (χ2v) is 5.60. The summed E-state index contributed by atoms with van der Waals surface area (Å²) in [5, 5.41) is 1.08. The lowest BCUT2D eigenvalue weighted by Crippen LogP contribution is -2.19. The van der Waals surface area contributed by atoms with Crippen LogP contribution >= 0.6 is 15.9 Å². The zero-order valence-corrected chi connectivity index (χ0v) is 12.0. The maximum absolute atomic E-state index is 12.2. The van der Waals surface area contributed by atoms with Crippen LogP contribution < -0.4 is 10.3 Å². The van der Waals surface area contributed by atoms with E-state index in [1.54, 1.807) is 13.2 Å². The van der Waals surface area contributed by atoms with Crippen molar-refractivity contribution in [2.45, 2.75) is 25.8 Å². The molecule has 1 aromatic heterocycles. The Morgan fingerprint density at radius 1 is 1.39 bits per heavy atom. The monoisotopic (exact) mass is 307 g/mol. The first-order chi connectivity index (χ1) is 8.63. The third-order valence-corrected chi connectivity index (χ3v) is 4.07. The van der Waals surface area contributed by atoms with Gasteiger partial charge < -0.3 is 9.30 Å². The van der Waals surface area contributed by atoms with Gasteiger partial charge in [-0.3, -0.25) is 4.79 Å². The van der Waals surface area contributed by atoms with Crippen LogP contribution in [0.1, 0.15) is 24.4 Å². The molecule has 0 atom stereocenters. The molecule has 0 N–H and O–H groups in total. The summed E-state index contributed by atoms with van der Waals surface area (Å²) >= 11 is 3.49. The summed E-state index contributed by atoms with van der Waals surface area (Å²) in [6, 6.07) is 6.06. The van der Waals surface area contributed by atoms with Gasteiger partial charge in [-0.05, 0) is 47.3 Å². The van der Waals surface area contributed by atoms with Gasteiger partial charge in [0.25, 0.3) is 5.56 Å². The smallest absolute Gasteiger partial charge is 0.251 e. The van der Waals surface area contributed by atoms with Crippen LogP contribution in [0.25, 0.3) is 10.9 Å². The van der Waals surface area contributed by atoms with Crippen molar-refractivity contribution in [1.29, 1.82) is 0 Å². The molecule has 0 radical (unpaired) electrons. The molecule has 3 rings (SSSR count). The fraction of sp³-hybridized carbons (Fsp3) is 0.357. The molecule has 18 heavy (non-hydrogen) atoms. The second kappa shape index (κ2) is 4.12. The van der Waals surface area contributed by atoms with E-state index in [0.717, 1.165) is 39.5 Å². The maximum atomic E-state index is 12.2. The minimum atomic E-state index is 0.0684. The van der Waals surface area contributed by atoms with E-state index >= 15 is 0 Å². The van der Waals surface area contributed by atoms with Crippen molar-refractivity contribution < 1.29 is 4.74 Å². The van der Waals surface area contributed by atoms with Crippen molar-refractivity contribution in [1.82, 2.24) is 4.57 Å². The van der Waals surface area contributed by atoms with Gasteiger partial charge in [0.15, 0.2) is 5.75 Å². The Labute approximate surface area is 114 Å². The minimum absolute atomic E-state index is 0.0684.